The summed E-state index contributed by atoms with van der Waals surface area (Å²) in [5.41, 5.74) is 0. The van der Waals surface area contributed by atoms with Crippen molar-refractivity contribution in [3.8, 4) is 0 Å². The minimum absolute atomic E-state index is 0. The van der Waals surface area contributed by atoms with Gasteiger partial charge in [-0.05, 0) is 62.3 Å². The summed E-state index contributed by atoms with van der Waals surface area (Å²) in [7, 11) is 0. The molecule has 0 aliphatic heterocycles. The predicted octanol–water partition coefficient (Wildman–Crippen LogP) is 2.40. The van der Waals surface area contributed by atoms with E-state index >= 15 is 0 Å². The Hall–Kier alpha value is -1.36. The molecule has 0 saturated heterocycles. The van der Waals surface area contributed by atoms with E-state index in [0.717, 1.165) is 0 Å². The van der Waals surface area contributed by atoms with Crippen LogP contribution in [-0.2, 0) is 48.2 Å². The summed E-state index contributed by atoms with van der Waals surface area (Å²) < 4.78 is 0. The number of hydrogen-bond donors (Lipinski definition) is 0. The van der Waals surface area contributed by atoms with Gasteiger partial charge in [-0.3, -0.25) is 28.8 Å². The summed E-state index contributed by atoms with van der Waals surface area (Å²) in [6, 6.07) is 0. The molecule has 7 heteroatoms. The summed E-state index contributed by atoms with van der Waals surface area (Å²) in [4.78, 5) is 62.2. The molecule has 0 aromatic heterocycles. The zero-order valence-electron chi connectivity index (χ0n) is 16.5. The van der Waals surface area contributed by atoms with Gasteiger partial charge in [0.1, 0.15) is 34.7 Å². The van der Waals surface area contributed by atoms with Crippen LogP contribution in [0.15, 0.2) is 0 Å². The molecule has 0 aromatic rings. The van der Waals surface area contributed by atoms with Gasteiger partial charge in [-0.2, -0.15) is 0 Å². The average Bonchev–Trinajstić information content (AvgIpc) is 2.45. The molecule has 0 amide bonds. The third kappa shape index (κ3) is 18.8. The second kappa shape index (κ2) is 16.1. The molecule has 0 rings (SSSR count). The van der Waals surface area contributed by atoms with Gasteiger partial charge in [0.15, 0.2) is 0 Å². The Morgan fingerprint density at radius 3 is 0.480 bits per heavy atom. The van der Waals surface area contributed by atoms with E-state index in [1.807, 2.05) is 0 Å². The molecule has 0 spiro atoms. The fourth-order valence-corrected chi connectivity index (χ4v) is 0.859. The van der Waals surface area contributed by atoms with Crippen LogP contribution in [0.5, 0.6) is 0 Å². The van der Waals surface area contributed by atoms with Crippen molar-refractivity contribution in [1.82, 2.24) is 0 Å². The van der Waals surface area contributed by atoms with E-state index in [0.29, 0.717) is 0 Å². The van der Waals surface area contributed by atoms with Crippen LogP contribution in [0.4, 0.5) is 0 Å². The standard InChI is InChI=1S/3C6H10O2.Rh/c3*1-4(5(2)7)6(3)8;/h3*4H,1-3H3;/q;;;+3. The van der Waals surface area contributed by atoms with Crippen LogP contribution in [0.2, 0.25) is 0 Å². The zero-order valence-corrected chi connectivity index (χ0v) is 18.2. The van der Waals surface area contributed by atoms with Crippen molar-refractivity contribution in [1.29, 1.82) is 0 Å². The predicted molar refractivity (Wildman–Crippen MR) is 91.6 cm³/mol. The Labute approximate surface area is 163 Å². The molecule has 0 aliphatic rings. The van der Waals surface area contributed by atoms with Crippen LogP contribution >= 0.6 is 0 Å². The summed E-state index contributed by atoms with van der Waals surface area (Å²) in [5, 5.41) is 0. The summed E-state index contributed by atoms with van der Waals surface area (Å²) in [5.74, 6) is -1.57. The minimum Gasteiger partial charge on any atom is -0.299 e. The largest absolute Gasteiger partial charge is 3.00 e. The van der Waals surface area contributed by atoms with Crippen LogP contribution in [0.1, 0.15) is 62.3 Å². The molecule has 0 saturated carbocycles. The van der Waals surface area contributed by atoms with Crippen molar-refractivity contribution in [2.45, 2.75) is 62.3 Å². The molecule has 0 aromatic carbocycles. The first kappa shape index (κ1) is 31.4. The second-order valence-electron chi connectivity index (χ2n) is 5.83. The summed E-state index contributed by atoms with van der Waals surface area (Å²) in [6.07, 6.45) is 0. The quantitative estimate of drug-likeness (QED) is 0.460. The van der Waals surface area contributed by atoms with Crippen molar-refractivity contribution >= 4 is 34.7 Å². The maximum Gasteiger partial charge on any atom is 3.00 e. The molecule has 0 unspecified atom stereocenters. The minimum atomic E-state index is -0.407. The maximum absolute atomic E-state index is 10.4. The first-order valence-electron chi connectivity index (χ1n) is 7.69. The second-order valence-corrected chi connectivity index (χ2v) is 5.83. The molecule has 0 aliphatic carbocycles. The molecule has 25 heavy (non-hydrogen) atoms. The van der Waals surface area contributed by atoms with Gasteiger partial charge in [0.05, 0.1) is 17.8 Å². The van der Waals surface area contributed by atoms with Crippen molar-refractivity contribution in [2.75, 3.05) is 0 Å². The molecule has 0 N–H and O–H groups in total. The van der Waals surface area contributed by atoms with Gasteiger partial charge in [0.25, 0.3) is 0 Å². The Morgan fingerprint density at radius 2 is 0.480 bits per heavy atom. The first-order valence-corrected chi connectivity index (χ1v) is 7.69. The molecule has 0 radical (unpaired) electrons. The third-order valence-corrected chi connectivity index (χ3v) is 3.66. The van der Waals surface area contributed by atoms with E-state index in [1.165, 1.54) is 41.5 Å². The Bertz CT molecular complexity index is 382. The van der Waals surface area contributed by atoms with Gasteiger partial charge < -0.3 is 0 Å². The molecule has 144 valence electrons. The van der Waals surface area contributed by atoms with E-state index in [1.54, 1.807) is 20.8 Å². The van der Waals surface area contributed by atoms with E-state index in [4.69, 9.17) is 0 Å². The van der Waals surface area contributed by atoms with Gasteiger partial charge in [0, 0.05) is 0 Å². The van der Waals surface area contributed by atoms with Crippen LogP contribution < -0.4 is 0 Å². The molecule has 0 atom stereocenters. The SMILES string of the molecule is CC(=O)C(C)C(C)=O.CC(=O)C(C)C(C)=O.CC(=O)C(C)C(C)=O.[Rh+3]. The third-order valence-electron chi connectivity index (χ3n) is 3.66. The van der Waals surface area contributed by atoms with E-state index < -0.39 is 17.8 Å². The molecular formula is C18H30O6Rh+3. The van der Waals surface area contributed by atoms with Crippen LogP contribution in [-0.4, -0.2) is 34.7 Å². The van der Waals surface area contributed by atoms with Gasteiger partial charge in [0.2, 0.25) is 0 Å². The van der Waals surface area contributed by atoms with E-state index in [-0.39, 0.29) is 54.2 Å². The van der Waals surface area contributed by atoms with Gasteiger partial charge in [-0.1, -0.05) is 0 Å². The normalized spacial score (nSPS) is 9.12. The fourth-order valence-electron chi connectivity index (χ4n) is 0.859. The number of hydrogen-bond acceptors (Lipinski definition) is 6. The van der Waals surface area contributed by atoms with Crippen LogP contribution in [0, 0.1) is 17.8 Å². The molecule has 0 fully saturated rings. The average molecular weight is 445 g/mol. The van der Waals surface area contributed by atoms with Crippen molar-refractivity contribution in [3.05, 3.63) is 0 Å². The van der Waals surface area contributed by atoms with Crippen molar-refractivity contribution < 1.29 is 48.2 Å². The van der Waals surface area contributed by atoms with Gasteiger partial charge in [-0.15, -0.1) is 0 Å². The Morgan fingerprint density at radius 1 is 0.400 bits per heavy atom. The topological polar surface area (TPSA) is 102 Å². The number of ketones is 6. The number of Topliss-reactive ketones (excluding diaryl/α,β-unsaturated/α-hetero) is 6. The van der Waals surface area contributed by atoms with E-state index in [2.05, 4.69) is 0 Å². The van der Waals surface area contributed by atoms with Crippen molar-refractivity contribution in [3.63, 3.8) is 0 Å². The van der Waals surface area contributed by atoms with Crippen molar-refractivity contribution in [2.24, 2.45) is 17.8 Å². The number of rotatable bonds is 6. The molecule has 6 nitrogen and oxygen atoms in total. The van der Waals surface area contributed by atoms with Gasteiger partial charge in [-0.25, -0.2) is 0 Å². The summed E-state index contributed by atoms with van der Waals surface area (Å²) >= 11 is 0. The molecular weight excluding hydrogens is 415 g/mol. The van der Waals surface area contributed by atoms with Crippen LogP contribution in [0.3, 0.4) is 0 Å². The zero-order chi connectivity index (χ0) is 20.2. The monoisotopic (exact) mass is 445 g/mol. The summed E-state index contributed by atoms with van der Waals surface area (Å²) in [6.45, 7) is 13.4. The smallest absolute Gasteiger partial charge is 0.299 e. The number of carbonyl (C=O) groups excluding carboxylic acids is 6. The number of carbonyl (C=O) groups is 6. The Balaban J connectivity index is -0.000000130. The van der Waals surface area contributed by atoms with Crippen LogP contribution in [0.25, 0.3) is 0 Å². The molecule has 0 bridgehead atoms. The fraction of sp³-hybridized carbons (Fsp3) is 0.667. The molecule has 0 heterocycles. The van der Waals surface area contributed by atoms with Gasteiger partial charge >= 0.3 is 19.5 Å². The van der Waals surface area contributed by atoms with E-state index in [9.17, 15) is 28.8 Å². The first-order chi connectivity index (χ1) is 10.7. The Kier molecular flexibility index (Phi) is 20.3. The maximum atomic E-state index is 10.4.